The van der Waals surface area contributed by atoms with Crippen molar-refractivity contribution in [3.8, 4) is 0 Å². The average molecular weight is 330 g/mol. The van der Waals surface area contributed by atoms with Crippen molar-refractivity contribution in [2.24, 2.45) is 0 Å². The van der Waals surface area contributed by atoms with E-state index in [1.54, 1.807) is 10.9 Å². The van der Waals surface area contributed by atoms with Crippen molar-refractivity contribution in [1.82, 2.24) is 9.78 Å². The van der Waals surface area contributed by atoms with Crippen molar-refractivity contribution in [2.45, 2.75) is 13.0 Å². The maximum Gasteiger partial charge on any atom is 0.264 e. The summed E-state index contributed by atoms with van der Waals surface area (Å²) in [6.07, 6.45) is 4.57. The second kappa shape index (κ2) is 4.58. The summed E-state index contributed by atoms with van der Waals surface area (Å²) < 4.78 is 28.8. The maximum atomic E-state index is 10.7. The first-order valence-electron chi connectivity index (χ1n) is 3.92. The van der Waals surface area contributed by atoms with Crippen LogP contribution >= 0.6 is 22.6 Å². The Kier molecular flexibility index (Phi) is 3.90. The highest BCUT2D eigenvalue weighted by Crippen LogP contribution is 2.09. The van der Waals surface area contributed by atoms with Gasteiger partial charge in [-0.2, -0.15) is 13.5 Å². The molecule has 0 spiro atoms. The van der Waals surface area contributed by atoms with Gasteiger partial charge in [-0.05, 0) is 29.5 Å². The van der Waals surface area contributed by atoms with Gasteiger partial charge in [0.25, 0.3) is 10.1 Å². The molecular weight excluding hydrogens is 319 g/mol. The van der Waals surface area contributed by atoms with E-state index in [9.17, 15) is 8.42 Å². The van der Waals surface area contributed by atoms with Crippen molar-refractivity contribution in [3.05, 3.63) is 16.0 Å². The third kappa shape index (κ3) is 3.93. The molecule has 0 N–H and O–H groups in total. The zero-order valence-corrected chi connectivity index (χ0v) is 10.8. The van der Waals surface area contributed by atoms with Gasteiger partial charge in [-0.25, -0.2) is 0 Å². The van der Waals surface area contributed by atoms with Crippen molar-refractivity contribution < 1.29 is 12.6 Å². The summed E-state index contributed by atoms with van der Waals surface area (Å²) in [6, 6.07) is -0.0896. The second-order valence-electron chi connectivity index (χ2n) is 2.98. The lowest BCUT2D eigenvalue weighted by Crippen LogP contribution is -2.15. The topological polar surface area (TPSA) is 61.2 Å². The van der Waals surface area contributed by atoms with Gasteiger partial charge >= 0.3 is 0 Å². The van der Waals surface area contributed by atoms with E-state index in [0.29, 0.717) is 0 Å². The summed E-state index contributed by atoms with van der Waals surface area (Å²) in [7, 11) is -3.36. The van der Waals surface area contributed by atoms with Crippen molar-refractivity contribution in [1.29, 1.82) is 0 Å². The normalized spacial score (nSPS) is 14.2. The lowest BCUT2D eigenvalue weighted by molar-refractivity contribution is 0.258. The van der Waals surface area contributed by atoms with E-state index >= 15 is 0 Å². The molecule has 80 valence electrons. The molecule has 1 aromatic rings. The van der Waals surface area contributed by atoms with Crippen LogP contribution in [-0.4, -0.2) is 31.1 Å². The summed E-state index contributed by atoms with van der Waals surface area (Å²) in [6.45, 7) is 1.95. The predicted molar refractivity (Wildman–Crippen MR) is 60.5 cm³/mol. The van der Waals surface area contributed by atoms with Crippen LogP contribution in [0.2, 0.25) is 0 Å². The number of halogens is 1. The Labute approximate surface area is 96.7 Å². The molecule has 0 saturated heterocycles. The molecule has 0 radical (unpaired) electrons. The van der Waals surface area contributed by atoms with Crippen LogP contribution in [0, 0.1) is 3.57 Å². The van der Waals surface area contributed by atoms with Gasteiger partial charge in [0.05, 0.1) is 28.7 Å². The van der Waals surface area contributed by atoms with Gasteiger partial charge < -0.3 is 0 Å². The van der Waals surface area contributed by atoms with Gasteiger partial charge in [-0.3, -0.25) is 8.86 Å². The molecule has 1 atom stereocenters. The molecule has 0 amide bonds. The van der Waals surface area contributed by atoms with Gasteiger partial charge in [-0.15, -0.1) is 0 Å². The summed E-state index contributed by atoms with van der Waals surface area (Å²) in [4.78, 5) is 0. The summed E-state index contributed by atoms with van der Waals surface area (Å²) in [5.74, 6) is 0. The Morgan fingerprint density at radius 2 is 2.36 bits per heavy atom. The number of nitrogens with zero attached hydrogens (tertiary/aromatic N) is 2. The molecule has 1 heterocycles. The van der Waals surface area contributed by atoms with E-state index in [4.69, 9.17) is 0 Å². The minimum Gasteiger partial charge on any atom is -0.268 e. The highest BCUT2D eigenvalue weighted by Gasteiger charge is 2.09. The Bertz CT molecular complexity index is 401. The lowest BCUT2D eigenvalue weighted by Gasteiger charge is -2.10. The molecule has 0 saturated carbocycles. The fraction of sp³-hybridized carbons (Fsp3) is 0.571. The fourth-order valence-electron chi connectivity index (χ4n) is 0.854. The average Bonchev–Trinajstić information content (AvgIpc) is 2.46. The van der Waals surface area contributed by atoms with Crippen LogP contribution < -0.4 is 0 Å². The van der Waals surface area contributed by atoms with Crippen LogP contribution in [0.25, 0.3) is 0 Å². The first kappa shape index (κ1) is 11.9. The maximum absolute atomic E-state index is 10.7. The molecule has 14 heavy (non-hydrogen) atoms. The zero-order chi connectivity index (χ0) is 10.8. The zero-order valence-electron chi connectivity index (χ0n) is 7.84. The monoisotopic (exact) mass is 330 g/mol. The van der Waals surface area contributed by atoms with Crippen LogP contribution in [0.3, 0.4) is 0 Å². The minimum absolute atomic E-state index is 0.0896. The van der Waals surface area contributed by atoms with Crippen LogP contribution in [0.4, 0.5) is 0 Å². The largest absolute Gasteiger partial charge is 0.268 e. The highest BCUT2D eigenvalue weighted by molar-refractivity contribution is 14.1. The first-order valence-corrected chi connectivity index (χ1v) is 6.82. The second-order valence-corrected chi connectivity index (χ2v) is 5.87. The SMILES string of the molecule is CC(COS(C)(=O)=O)n1cc(I)cn1. The van der Waals surface area contributed by atoms with Crippen molar-refractivity contribution >= 4 is 32.7 Å². The summed E-state index contributed by atoms with van der Waals surface area (Å²) in [5, 5.41) is 4.05. The number of aromatic nitrogens is 2. The Balaban J connectivity index is 2.55. The molecule has 1 rings (SSSR count). The highest BCUT2D eigenvalue weighted by atomic mass is 127. The van der Waals surface area contributed by atoms with E-state index in [-0.39, 0.29) is 12.6 Å². The standard InChI is InChI=1S/C7H11IN2O3S/c1-6(5-13-14(2,11)12)10-4-7(8)3-9-10/h3-4,6H,5H2,1-2H3. The van der Waals surface area contributed by atoms with Gasteiger partial charge in [0, 0.05) is 6.20 Å². The van der Waals surface area contributed by atoms with Crippen molar-refractivity contribution in [3.63, 3.8) is 0 Å². The first-order chi connectivity index (χ1) is 6.38. The van der Waals surface area contributed by atoms with Gasteiger partial charge in [0.1, 0.15) is 0 Å². The van der Waals surface area contributed by atoms with E-state index < -0.39 is 10.1 Å². The third-order valence-corrected chi connectivity index (χ3v) is 2.67. The molecular formula is C7H11IN2O3S. The molecule has 0 bridgehead atoms. The Hall–Kier alpha value is -0.150. The van der Waals surface area contributed by atoms with Gasteiger partial charge in [0.15, 0.2) is 0 Å². The number of rotatable bonds is 4. The van der Waals surface area contributed by atoms with Gasteiger partial charge in [-0.1, -0.05) is 0 Å². The molecule has 0 aliphatic carbocycles. The smallest absolute Gasteiger partial charge is 0.264 e. The molecule has 7 heteroatoms. The van der Waals surface area contributed by atoms with Crippen LogP contribution in [-0.2, 0) is 14.3 Å². The molecule has 0 fully saturated rings. The predicted octanol–water partition coefficient (Wildman–Crippen LogP) is 1.02. The molecule has 0 aliphatic heterocycles. The molecule has 1 aromatic heterocycles. The third-order valence-electron chi connectivity index (χ3n) is 1.54. The fourth-order valence-corrected chi connectivity index (χ4v) is 1.71. The quantitative estimate of drug-likeness (QED) is 0.611. The van der Waals surface area contributed by atoms with Crippen LogP contribution in [0.15, 0.2) is 12.4 Å². The van der Waals surface area contributed by atoms with Crippen LogP contribution in [0.5, 0.6) is 0 Å². The van der Waals surface area contributed by atoms with Crippen molar-refractivity contribution in [2.75, 3.05) is 12.9 Å². The molecule has 1 unspecified atom stereocenters. The van der Waals surface area contributed by atoms with E-state index in [1.165, 1.54) is 0 Å². The van der Waals surface area contributed by atoms with Crippen LogP contribution in [0.1, 0.15) is 13.0 Å². The Morgan fingerprint density at radius 3 is 2.79 bits per heavy atom. The number of hydrogen-bond acceptors (Lipinski definition) is 4. The molecule has 5 nitrogen and oxygen atoms in total. The molecule has 0 aromatic carbocycles. The molecule has 0 aliphatic rings. The minimum atomic E-state index is -3.36. The van der Waals surface area contributed by atoms with E-state index in [2.05, 4.69) is 31.9 Å². The number of hydrogen-bond donors (Lipinski definition) is 0. The van der Waals surface area contributed by atoms with E-state index in [1.807, 2.05) is 13.1 Å². The summed E-state index contributed by atoms with van der Waals surface area (Å²) >= 11 is 2.14. The lowest BCUT2D eigenvalue weighted by atomic mass is 10.4. The van der Waals surface area contributed by atoms with Gasteiger partial charge in [0.2, 0.25) is 0 Å². The van der Waals surface area contributed by atoms with E-state index in [0.717, 1.165) is 9.83 Å². The Morgan fingerprint density at radius 1 is 1.71 bits per heavy atom. The summed E-state index contributed by atoms with van der Waals surface area (Å²) in [5.41, 5.74) is 0.